The van der Waals surface area contributed by atoms with Crippen LogP contribution in [0.2, 0.25) is 0 Å². The van der Waals surface area contributed by atoms with Gasteiger partial charge < -0.3 is 15.3 Å². The maximum atomic E-state index is 10.8. The van der Waals surface area contributed by atoms with E-state index in [1.807, 2.05) is 0 Å². The molecule has 2 aliphatic heterocycles. The molecule has 2 N–H and O–H groups in total. The van der Waals surface area contributed by atoms with Crippen molar-refractivity contribution in [2.45, 2.75) is 50.7 Å². The average molecular weight is 226 g/mol. The van der Waals surface area contributed by atoms with E-state index in [0.717, 1.165) is 44.8 Å². The predicted octanol–water partition coefficient (Wildman–Crippen LogP) is 1.22. The maximum Gasteiger partial charge on any atom is 0.0926 e. The van der Waals surface area contributed by atoms with Crippen LogP contribution in [0.4, 0.5) is 0 Å². The molecule has 0 aromatic heterocycles. The van der Waals surface area contributed by atoms with Gasteiger partial charge in [0, 0.05) is 12.6 Å². The molecule has 3 unspecified atom stereocenters. The first-order chi connectivity index (χ1) is 7.64. The van der Waals surface area contributed by atoms with Gasteiger partial charge in [-0.3, -0.25) is 0 Å². The largest absolute Gasteiger partial charge is 0.387 e. The van der Waals surface area contributed by atoms with Crippen molar-refractivity contribution in [2.24, 2.45) is 5.92 Å². The Morgan fingerprint density at radius 2 is 2.31 bits per heavy atom. The average Bonchev–Trinajstić information content (AvgIpc) is 2.29. The van der Waals surface area contributed by atoms with E-state index in [1.54, 1.807) is 0 Å². The van der Waals surface area contributed by atoms with E-state index in [-0.39, 0.29) is 0 Å². The van der Waals surface area contributed by atoms with E-state index in [1.165, 1.54) is 12.8 Å². The lowest BCUT2D eigenvalue weighted by Crippen LogP contribution is -2.61. The fourth-order valence-corrected chi connectivity index (χ4v) is 3.34. The molecule has 2 aliphatic rings. The summed E-state index contributed by atoms with van der Waals surface area (Å²) in [6.45, 7) is 5.31. The molecule has 94 valence electrons. The van der Waals surface area contributed by atoms with Crippen molar-refractivity contribution in [1.82, 2.24) is 10.2 Å². The molecule has 2 fully saturated rings. The standard InChI is InChI=1S/C13H26N2O/c1-3-11-5-7-14-12(9-11)13(16)6-4-8-15(2)10-13/h11-12,14,16H,3-10H2,1-2H3. The quantitative estimate of drug-likeness (QED) is 0.743. The lowest BCUT2D eigenvalue weighted by atomic mass is 9.78. The molecule has 0 aromatic carbocycles. The third-order valence-corrected chi connectivity index (χ3v) is 4.43. The fraction of sp³-hybridized carbons (Fsp3) is 1.00. The van der Waals surface area contributed by atoms with Gasteiger partial charge in [-0.05, 0) is 51.7 Å². The summed E-state index contributed by atoms with van der Waals surface area (Å²) in [6.07, 6.45) is 5.78. The third kappa shape index (κ3) is 2.58. The second-order valence-electron chi connectivity index (χ2n) is 5.75. The van der Waals surface area contributed by atoms with Crippen LogP contribution in [-0.4, -0.2) is 48.3 Å². The van der Waals surface area contributed by atoms with Crippen molar-refractivity contribution >= 4 is 0 Å². The molecule has 3 nitrogen and oxygen atoms in total. The van der Waals surface area contributed by atoms with Gasteiger partial charge in [0.25, 0.3) is 0 Å². The molecule has 3 heteroatoms. The summed E-state index contributed by atoms with van der Waals surface area (Å²) in [5, 5.41) is 14.3. The summed E-state index contributed by atoms with van der Waals surface area (Å²) >= 11 is 0. The van der Waals surface area contributed by atoms with E-state index in [4.69, 9.17) is 0 Å². The van der Waals surface area contributed by atoms with Gasteiger partial charge in [-0.1, -0.05) is 13.3 Å². The molecule has 2 heterocycles. The first-order valence-corrected chi connectivity index (χ1v) is 6.78. The molecule has 0 bridgehead atoms. The topological polar surface area (TPSA) is 35.5 Å². The molecule has 2 saturated heterocycles. The Hall–Kier alpha value is -0.120. The number of likely N-dealkylation sites (N-methyl/N-ethyl adjacent to an activating group) is 1. The Bertz CT molecular complexity index is 234. The number of piperidine rings is 2. The minimum atomic E-state index is -0.485. The molecule has 2 rings (SSSR count). The number of β-amino-alcohol motifs (C(OH)–C–C–N with tert-alkyl or cyclic N) is 1. The van der Waals surface area contributed by atoms with Crippen LogP contribution in [0.5, 0.6) is 0 Å². The van der Waals surface area contributed by atoms with Crippen LogP contribution in [0.3, 0.4) is 0 Å². The zero-order chi connectivity index (χ0) is 11.6. The normalized spacial score (nSPS) is 42.2. The van der Waals surface area contributed by atoms with Crippen LogP contribution in [0.25, 0.3) is 0 Å². The first kappa shape index (κ1) is 12.3. The van der Waals surface area contributed by atoms with Crippen LogP contribution >= 0.6 is 0 Å². The number of likely N-dealkylation sites (tertiary alicyclic amines) is 1. The Labute approximate surface area is 99.2 Å². The summed E-state index contributed by atoms with van der Waals surface area (Å²) in [5.41, 5.74) is -0.485. The Balaban J connectivity index is 1.98. The molecule has 0 saturated carbocycles. The Kier molecular flexibility index (Phi) is 3.88. The highest BCUT2D eigenvalue weighted by Crippen LogP contribution is 2.31. The Morgan fingerprint density at radius 1 is 1.50 bits per heavy atom. The maximum absolute atomic E-state index is 10.8. The van der Waals surface area contributed by atoms with Crippen molar-refractivity contribution in [2.75, 3.05) is 26.7 Å². The van der Waals surface area contributed by atoms with Gasteiger partial charge in [-0.15, -0.1) is 0 Å². The van der Waals surface area contributed by atoms with Crippen LogP contribution in [0.1, 0.15) is 39.0 Å². The zero-order valence-electron chi connectivity index (χ0n) is 10.7. The first-order valence-electron chi connectivity index (χ1n) is 6.78. The molecule has 0 aliphatic carbocycles. The Morgan fingerprint density at radius 3 is 3.00 bits per heavy atom. The second kappa shape index (κ2) is 5.03. The van der Waals surface area contributed by atoms with Crippen molar-refractivity contribution in [1.29, 1.82) is 0 Å². The van der Waals surface area contributed by atoms with Gasteiger partial charge in [-0.25, -0.2) is 0 Å². The summed E-state index contributed by atoms with van der Waals surface area (Å²) in [6, 6.07) is 0.314. The van der Waals surface area contributed by atoms with Crippen molar-refractivity contribution < 1.29 is 5.11 Å². The zero-order valence-corrected chi connectivity index (χ0v) is 10.7. The number of aliphatic hydroxyl groups is 1. The summed E-state index contributed by atoms with van der Waals surface area (Å²) < 4.78 is 0. The van der Waals surface area contributed by atoms with Gasteiger partial charge in [0.05, 0.1) is 5.60 Å². The van der Waals surface area contributed by atoms with Gasteiger partial charge in [0.1, 0.15) is 0 Å². The van der Waals surface area contributed by atoms with Crippen LogP contribution < -0.4 is 5.32 Å². The van der Waals surface area contributed by atoms with E-state index < -0.39 is 5.60 Å². The number of hydrogen-bond donors (Lipinski definition) is 2. The highest BCUT2D eigenvalue weighted by Gasteiger charge is 2.41. The number of hydrogen-bond acceptors (Lipinski definition) is 3. The van der Waals surface area contributed by atoms with Crippen LogP contribution in [0.15, 0.2) is 0 Å². The van der Waals surface area contributed by atoms with Gasteiger partial charge in [0.2, 0.25) is 0 Å². The molecule has 0 spiro atoms. The second-order valence-corrected chi connectivity index (χ2v) is 5.75. The summed E-state index contributed by atoms with van der Waals surface area (Å²) in [5.74, 6) is 0.808. The lowest BCUT2D eigenvalue weighted by molar-refractivity contribution is -0.0630. The van der Waals surface area contributed by atoms with E-state index in [9.17, 15) is 5.11 Å². The van der Waals surface area contributed by atoms with Crippen molar-refractivity contribution in [3.63, 3.8) is 0 Å². The smallest absolute Gasteiger partial charge is 0.0926 e. The molecular weight excluding hydrogens is 200 g/mol. The summed E-state index contributed by atoms with van der Waals surface area (Å²) in [4.78, 5) is 2.26. The summed E-state index contributed by atoms with van der Waals surface area (Å²) in [7, 11) is 2.12. The van der Waals surface area contributed by atoms with E-state index in [0.29, 0.717) is 6.04 Å². The molecular formula is C13H26N2O. The minimum Gasteiger partial charge on any atom is -0.387 e. The number of nitrogens with zero attached hydrogens (tertiary/aromatic N) is 1. The molecule has 3 atom stereocenters. The highest BCUT2D eigenvalue weighted by molar-refractivity contribution is 4.98. The molecule has 0 aromatic rings. The monoisotopic (exact) mass is 226 g/mol. The third-order valence-electron chi connectivity index (χ3n) is 4.43. The van der Waals surface area contributed by atoms with Crippen LogP contribution in [0, 0.1) is 5.92 Å². The van der Waals surface area contributed by atoms with E-state index >= 15 is 0 Å². The van der Waals surface area contributed by atoms with Crippen molar-refractivity contribution in [3.05, 3.63) is 0 Å². The van der Waals surface area contributed by atoms with Gasteiger partial charge in [0.15, 0.2) is 0 Å². The van der Waals surface area contributed by atoms with Gasteiger partial charge in [-0.2, -0.15) is 0 Å². The molecule has 16 heavy (non-hydrogen) atoms. The SMILES string of the molecule is CCC1CCNC(C2(O)CCCN(C)C2)C1. The van der Waals surface area contributed by atoms with E-state index in [2.05, 4.69) is 24.2 Å². The molecule has 0 radical (unpaired) electrons. The minimum absolute atomic E-state index is 0.314. The van der Waals surface area contributed by atoms with Gasteiger partial charge >= 0.3 is 0 Å². The highest BCUT2D eigenvalue weighted by atomic mass is 16.3. The number of rotatable bonds is 2. The predicted molar refractivity (Wildman–Crippen MR) is 66.5 cm³/mol. The number of nitrogens with one attached hydrogen (secondary N) is 1. The van der Waals surface area contributed by atoms with Crippen LogP contribution in [-0.2, 0) is 0 Å². The fourth-order valence-electron chi connectivity index (χ4n) is 3.34. The lowest BCUT2D eigenvalue weighted by Gasteiger charge is -2.46. The van der Waals surface area contributed by atoms with Crippen molar-refractivity contribution in [3.8, 4) is 0 Å². The molecule has 0 amide bonds.